The van der Waals surface area contributed by atoms with Gasteiger partial charge in [0.15, 0.2) is 0 Å². The highest BCUT2D eigenvalue weighted by Crippen LogP contribution is 2.24. The number of amides is 2. The number of hydrogen-bond acceptors (Lipinski definition) is 4. The molecule has 0 radical (unpaired) electrons. The summed E-state index contributed by atoms with van der Waals surface area (Å²) in [6.45, 7) is 3.66. The fourth-order valence-corrected chi connectivity index (χ4v) is 4.13. The molecule has 2 amide bonds. The summed E-state index contributed by atoms with van der Waals surface area (Å²) in [4.78, 5) is 29.6. The maximum absolute atomic E-state index is 12.3. The van der Waals surface area contributed by atoms with Gasteiger partial charge in [0.25, 0.3) is 0 Å². The molecule has 0 aliphatic carbocycles. The Balaban J connectivity index is 0.00000192. The molecular formula is C16H24ClN3O2S. The minimum Gasteiger partial charge on any atom is -0.342 e. The van der Waals surface area contributed by atoms with Crippen molar-refractivity contribution in [3.63, 3.8) is 0 Å². The molecule has 2 aliphatic rings. The molecule has 1 fully saturated rings. The van der Waals surface area contributed by atoms with Crippen molar-refractivity contribution >= 4 is 35.6 Å². The van der Waals surface area contributed by atoms with E-state index in [1.54, 1.807) is 11.3 Å². The third-order valence-electron chi connectivity index (χ3n) is 4.68. The molecule has 3 rings (SSSR count). The fourth-order valence-electron chi connectivity index (χ4n) is 3.24. The first-order chi connectivity index (χ1) is 10.7. The highest BCUT2D eigenvalue weighted by atomic mass is 35.5. The molecule has 0 aromatic carbocycles. The SMILES string of the molecule is Cl.NCC1CCN(C(=O)CCC(=O)N2CCc3sccc3C2)C1. The molecule has 0 spiro atoms. The van der Waals surface area contributed by atoms with Crippen LogP contribution in [0.2, 0.25) is 0 Å². The number of thiophene rings is 1. The molecule has 0 bridgehead atoms. The first-order valence-electron chi connectivity index (χ1n) is 7.98. The Hall–Kier alpha value is -1.11. The van der Waals surface area contributed by atoms with Crippen molar-refractivity contribution in [2.45, 2.75) is 32.2 Å². The van der Waals surface area contributed by atoms with E-state index in [2.05, 4.69) is 11.4 Å². The molecule has 1 saturated heterocycles. The lowest BCUT2D eigenvalue weighted by Crippen LogP contribution is -2.36. The minimum absolute atomic E-state index is 0. The van der Waals surface area contributed by atoms with Gasteiger partial charge in [-0.15, -0.1) is 23.7 Å². The van der Waals surface area contributed by atoms with Crippen molar-refractivity contribution < 1.29 is 9.59 Å². The van der Waals surface area contributed by atoms with Gasteiger partial charge in [0, 0.05) is 43.9 Å². The first kappa shape index (κ1) is 18.2. The van der Waals surface area contributed by atoms with Gasteiger partial charge in [-0.25, -0.2) is 0 Å². The molecule has 1 unspecified atom stereocenters. The average Bonchev–Trinajstić information content (AvgIpc) is 3.19. The quantitative estimate of drug-likeness (QED) is 0.890. The van der Waals surface area contributed by atoms with E-state index < -0.39 is 0 Å². The molecule has 23 heavy (non-hydrogen) atoms. The van der Waals surface area contributed by atoms with E-state index in [0.29, 0.717) is 31.8 Å². The topological polar surface area (TPSA) is 66.6 Å². The number of halogens is 1. The second kappa shape index (κ2) is 8.13. The van der Waals surface area contributed by atoms with E-state index in [1.807, 2.05) is 9.80 Å². The van der Waals surface area contributed by atoms with Crippen LogP contribution in [0.1, 0.15) is 29.7 Å². The zero-order valence-corrected chi connectivity index (χ0v) is 14.8. The number of nitrogens with zero attached hydrogens (tertiary/aromatic N) is 2. The van der Waals surface area contributed by atoms with Crippen molar-refractivity contribution in [2.75, 3.05) is 26.2 Å². The zero-order valence-electron chi connectivity index (χ0n) is 13.2. The van der Waals surface area contributed by atoms with E-state index in [9.17, 15) is 9.59 Å². The van der Waals surface area contributed by atoms with Crippen molar-refractivity contribution in [3.8, 4) is 0 Å². The maximum Gasteiger partial charge on any atom is 0.223 e. The normalized spacial score (nSPS) is 20.1. The second-order valence-electron chi connectivity index (χ2n) is 6.16. The van der Waals surface area contributed by atoms with Gasteiger partial charge in [0.1, 0.15) is 0 Å². The monoisotopic (exact) mass is 357 g/mol. The molecule has 7 heteroatoms. The van der Waals surface area contributed by atoms with Gasteiger partial charge >= 0.3 is 0 Å². The summed E-state index contributed by atoms with van der Waals surface area (Å²) < 4.78 is 0. The van der Waals surface area contributed by atoms with Gasteiger partial charge in [-0.2, -0.15) is 0 Å². The number of likely N-dealkylation sites (tertiary alicyclic amines) is 1. The Morgan fingerprint density at radius 3 is 2.65 bits per heavy atom. The van der Waals surface area contributed by atoms with Crippen LogP contribution in [-0.4, -0.2) is 47.8 Å². The van der Waals surface area contributed by atoms with Gasteiger partial charge in [-0.1, -0.05) is 0 Å². The Kier molecular flexibility index (Phi) is 6.44. The predicted molar refractivity (Wildman–Crippen MR) is 93.7 cm³/mol. The van der Waals surface area contributed by atoms with Crippen LogP contribution in [0.3, 0.4) is 0 Å². The molecule has 1 aromatic heterocycles. The predicted octanol–water partition coefficient (Wildman–Crippen LogP) is 1.64. The number of nitrogens with two attached hydrogens (primary N) is 1. The summed E-state index contributed by atoms with van der Waals surface area (Å²) in [6.07, 6.45) is 2.57. The van der Waals surface area contributed by atoms with Crippen LogP contribution in [-0.2, 0) is 22.6 Å². The molecule has 3 heterocycles. The average molecular weight is 358 g/mol. The smallest absolute Gasteiger partial charge is 0.223 e. The van der Waals surface area contributed by atoms with Gasteiger partial charge in [0.2, 0.25) is 11.8 Å². The molecular weight excluding hydrogens is 334 g/mol. The van der Waals surface area contributed by atoms with Crippen LogP contribution < -0.4 is 5.73 Å². The Morgan fingerprint density at radius 2 is 1.96 bits per heavy atom. The third-order valence-corrected chi connectivity index (χ3v) is 5.71. The maximum atomic E-state index is 12.3. The van der Waals surface area contributed by atoms with Crippen LogP contribution in [0.15, 0.2) is 11.4 Å². The Labute approximate surface area is 147 Å². The molecule has 2 aliphatic heterocycles. The van der Waals surface area contributed by atoms with Crippen molar-refractivity contribution in [1.82, 2.24) is 9.80 Å². The molecule has 5 nitrogen and oxygen atoms in total. The zero-order chi connectivity index (χ0) is 15.5. The summed E-state index contributed by atoms with van der Waals surface area (Å²) >= 11 is 1.77. The van der Waals surface area contributed by atoms with Crippen LogP contribution in [0.5, 0.6) is 0 Å². The second-order valence-corrected chi connectivity index (χ2v) is 7.17. The van der Waals surface area contributed by atoms with Crippen LogP contribution in [0.4, 0.5) is 0 Å². The largest absolute Gasteiger partial charge is 0.342 e. The minimum atomic E-state index is 0. The molecule has 1 aromatic rings. The van der Waals surface area contributed by atoms with Gasteiger partial charge in [-0.05, 0) is 42.3 Å². The number of hydrogen-bond donors (Lipinski definition) is 1. The number of rotatable bonds is 4. The Morgan fingerprint density at radius 1 is 1.22 bits per heavy atom. The summed E-state index contributed by atoms with van der Waals surface area (Å²) in [5.41, 5.74) is 6.91. The number of fused-ring (bicyclic) bond motifs is 1. The van der Waals surface area contributed by atoms with Crippen molar-refractivity contribution in [1.29, 1.82) is 0 Å². The third kappa shape index (κ3) is 4.25. The van der Waals surface area contributed by atoms with E-state index in [-0.39, 0.29) is 24.2 Å². The van der Waals surface area contributed by atoms with E-state index in [0.717, 1.165) is 32.5 Å². The highest BCUT2D eigenvalue weighted by molar-refractivity contribution is 7.10. The van der Waals surface area contributed by atoms with E-state index in [1.165, 1.54) is 10.4 Å². The fraction of sp³-hybridized carbons (Fsp3) is 0.625. The Bertz CT molecular complexity index is 563. The summed E-state index contributed by atoms with van der Waals surface area (Å²) in [6, 6.07) is 2.10. The van der Waals surface area contributed by atoms with Gasteiger partial charge in [0.05, 0.1) is 0 Å². The summed E-state index contributed by atoms with van der Waals surface area (Å²) in [5.74, 6) is 0.621. The first-order valence-corrected chi connectivity index (χ1v) is 8.86. The van der Waals surface area contributed by atoms with Crippen LogP contribution in [0, 0.1) is 5.92 Å². The summed E-state index contributed by atoms with van der Waals surface area (Å²) in [7, 11) is 0. The van der Waals surface area contributed by atoms with Gasteiger partial charge < -0.3 is 15.5 Å². The molecule has 128 valence electrons. The van der Waals surface area contributed by atoms with E-state index >= 15 is 0 Å². The number of carbonyl (C=O) groups excluding carboxylic acids is 2. The number of carbonyl (C=O) groups is 2. The van der Waals surface area contributed by atoms with E-state index in [4.69, 9.17) is 5.73 Å². The highest BCUT2D eigenvalue weighted by Gasteiger charge is 2.26. The molecule has 2 N–H and O–H groups in total. The van der Waals surface area contributed by atoms with Crippen molar-refractivity contribution in [3.05, 3.63) is 21.9 Å². The van der Waals surface area contributed by atoms with Crippen LogP contribution in [0.25, 0.3) is 0 Å². The standard InChI is InChI=1S/C16H23N3O2S.ClH/c17-9-12-3-6-18(10-12)15(20)1-2-16(21)19-7-4-14-13(11-19)5-8-22-14;/h5,8,12H,1-4,6-7,9-11,17H2;1H. The lowest BCUT2D eigenvalue weighted by Gasteiger charge is -2.27. The lowest BCUT2D eigenvalue weighted by atomic mass is 10.1. The van der Waals surface area contributed by atoms with Gasteiger partial charge in [-0.3, -0.25) is 9.59 Å². The van der Waals surface area contributed by atoms with Crippen LogP contribution >= 0.6 is 23.7 Å². The summed E-state index contributed by atoms with van der Waals surface area (Å²) in [5, 5.41) is 2.09. The molecule has 0 saturated carbocycles. The van der Waals surface area contributed by atoms with Crippen molar-refractivity contribution in [2.24, 2.45) is 11.7 Å². The lowest BCUT2D eigenvalue weighted by molar-refractivity contribution is -0.137. The molecule has 1 atom stereocenters.